The van der Waals surface area contributed by atoms with Crippen molar-refractivity contribution in [2.24, 2.45) is 0 Å². The smallest absolute Gasteiger partial charge is 0.282 e. The van der Waals surface area contributed by atoms with Gasteiger partial charge < -0.3 is 11.1 Å². The van der Waals surface area contributed by atoms with E-state index in [0.717, 1.165) is 11.1 Å². The number of nitrogens with two attached hydrogens (primary N) is 1. The largest absolute Gasteiger partial charge is 0.399 e. The first kappa shape index (κ1) is 14.5. The molecule has 0 spiro atoms. The topological polar surface area (TPSA) is 98.3 Å². The lowest BCUT2D eigenvalue weighted by Gasteiger charge is -2.10. The Kier molecular flexibility index (Phi) is 3.89. The zero-order valence-electron chi connectivity index (χ0n) is 11.7. The highest BCUT2D eigenvalue weighted by Crippen LogP contribution is 2.24. The fourth-order valence-electron chi connectivity index (χ4n) is 1.97. The monoisotopic (exact) mass is 285 g/mol. The van der Waals surface area contributed by atoms with Gasteiger partial charge in [-0.1, -0.05) is 12.1 Å². The molecule has 0 aliphatic rings. The molecule has 0 saturated carbocycles. The van der Waals surface area contributed by atoms with Crippen molar-refractivity contribution < 1.29 is 9.72 Å². The fourth-order valence-corrected chi connectivity index (χ4v) is 1.97. The lowest BCUT2D eigenvalue weighted by molar-refractivity contribution is -0.385. The van der Waals surface area contributed by atoms with Crippen LogP contribution in [0, 0.1) is 24.0 Å². The lowest BCUT2D eigenvalue weighted by atomic mass is 10.1. The fraction of sp³-hybridized carbons (Fsp3) is 0.133. The van der Waals surface area contributed by atoms with E-state index in [0.29, 0.717) is 11.4 Å². The van der Waals surface area contributed by atoms with Crippen LogP contribution < -0.4 is 11.1 Å². The molecule has 2 rings (SSSR count). The van der Waals surface area contributed by atoms with Gasteiger partial charge in [-0.2, -0.15) is 0 Å². The molecular formula is C15H15N3O3. The molecule has 1 amide bonds. The van der Waals surface area contributed by atoms with Crippen LogP contribution in [-0.4, -0.2) is 10.8 Å². The standard InChI is InChI=1S/C15H15N3O3/c1-9-4-3-5-13(10(9)2)17-15(19)12-8-11(16)6-7-14(12)18(20)21/h3-8H,16H2,1-2H3,(H,17,19). The van der Waals surface area contributed by atoms with Gasteiger partial charge in [0.05, 0.1) is 4.92 Å². The van der Waals surface area contributed by atoms with Gasteiger partial charge in [0, 0.05) is 17.4 Å². The third kappa shape index (κ3) is 3.00. The van der Waals surface area contributed by atoms with E-state index < -0.39 is 10.8 Å². The number of nitrogens with zero attached hydrogens (tertiary/aromatic N) is 1. The molecule has 3 N–H and O–H groups in total. The molecule has 6 nitrogen and oxygen atoms in total. The van der Waals surface area contributed by atoms with E-state index in [2.05, 4.69) is 5.32 Å². The summed E-state index contributed by atoms with van der Waals surface area (Å²) in [5.74, 6) is -0.553. The van der Waals surface area contributed by atoms with Crippen molar-refractivity contribution in [3.63, 3.8) is 0 Å². The summed E-state index contributed by atoms with van der Waals surface area (Å²) in [4.78, 5) is 22.7. The molecule has 0 heterocycles. The number of carbonyl (C=O) groups excluding carboxylic acids is 1. The Morgan fingerprint density at radius 2 is 1.95 bits per heavy atom. The second-order valence-electron chi connectivity index (χ2n) is 4.74. The number of hydrogen-bond donors (Lipinski definition) is 2. The van der Waals surface area contributed by atoms with Gasteiger partial charge in [0.2, 0.25) is 0 Å². The molecule has 0 unspecified atom stereocenters. The second-order valence-corrected chi connectivity index (χ2v) is 4.74. The number of benzene rings is 2. The minimum absolute atomic E-state index is 0.0547. The number of nitrogens with one attached hydrogen (secondary N) is 1. The Balaban J connectivity index is 2.39. The quantitative estimate of drug-likeness (QED) is 0.514. The SMILES string of the molecule is Cc1cccc(NC(=O)c2cc(N)ccc2[N+](=O)[O-])c1C. The molecule has 108 valence electrons. The first-order valence-corrected chi connectivity index (χ1v) is 6.31. The highest BCUT2D eigenvalue weighted by atomic mass is 16.6. The Hall–Kier alpha value is -2.89. The van der Waals surface area contributed by atoms with Crippen LogP contribution in [0.3, 0.4) is 0 Å². The Morgan fingerprint density at radius 3 is 2.62 bits per heavy atom. The van der Waals surface area contributed by atoms with Crippen LogP contribution in [0.5, 0.6) is 0 Å². The van der Waals surface area contributed by atoms with Gasteiger partial charge in [-0.05, 0) is 43.2 Å². The van der Waals surface area contributed by atoms with Crippen LogP contribution in [-0.2, 0) is 0 Å². The summed E-state index contributed by atoms with van der Waals surface area (Å²) in [5.41, 5.74) is 8.14. The summed E-state index contributed by atoms with van der Waals surface area (Å²) in [7, 11) is 0. The predicted octanol–water partition coefficient (Wildman–Crippen LogP) is 3.05. The Bertz CT molecular complexity index is 726. The number of carbonyl (C=O) groups is 1. The molecule has 0 fully saturated rings. The van der Waals surface area contributed by atoms with Crippen LogP contribution in [0.25, 0.3) is 0 Å². The summed E-state index contributed by atoms with van der Waals surface area (Å²) >= 11 is 0. The van der Waals surface area contributed by atoms with Crippen molar-refractivity contribution in [1.82, 2.24) is 0 Å². The minimum atomic E-state index is -0.600. The zero-order valence-corrected chi connectivity index (χ0v) is 11.7. The molecule has 0 radical (unpaired) electrons. The molecule has 0 aliphatic heterocycles. The van der Waals surface area contributed by atoms with Crippen molar-refractivity contribution in [2.45, 2.75) is 13.8 Å². The average molecular weight is 285 g/mol. The first-order valence-electron chi connectivity index (χ1n) is 6.31. The molecule has 2 aromatic carbocycles. The summed E-state index contributed by atoms with van der Waals surface area (Å²) < 4.78 is 0. The summed E-state index contributed by atoms with van der Waals surface area (Å²) in [6, 6.07) is 9.41. The molecule has 0 aromatic heterocycles. The molecular weight excluding hydrogens is 270 g/mol. The third-order valence-corrected chi connectivity index (χ3v) is 3.31. The Morgan fingerprint density at radius 1 is 1.24 bits per heavy atom. The van der Waals surface area contributed by atoms with Gasteiger partial charge in [-0.15, -0.1) is 0 Å². The number of rotatable bonds is 3. The van der Waals surface area contributed by atoms with E-state index in [1.54, 1.807) is 6.07 Å². The van der Waals surface area contributed by atoms with Crippen LogP contribution in [0.2, 0.25) is 0 Å². The van der Waals surface area contributed by atoms with Gasteiger partial charge in [0.15, 0.2) is 0 Å². The van der Waals surface area contributed by atoms with Crippen molar-refractivity contribution in [1.29, 1.82) is 0 Å². The average Bonchev–Trinajstić information content (AvgIpc) is 2.43. The van der Waals surface area contributed by atoms with Crippen molar-refractivity contribution >= 4 is 23.0 Å². The van der Waals surface area contributed by atoms with E-state index in [1.165, 1.54) is 18.2 Å². The molecule has 0 bridgehead atoms. The van der Waals surface area contributed by atoms with Gasteiger partial charge >= 0.3 is 0 Å². The minimum Gasteiger partial charge on any atom is -0.399 e. The molecule has 6 heteroatoms. The maximum atomic E-state index is 12.3. The predicted molar refractivity (Wildman–Crippen MR) is 81.4 cm³/mol. The normalized spacial score (nSPS) is 10.2. The van der Waals surface area contributed by atoms with Crippen molar-refractivity contribution in [3.8, 4) is 0 Å². The number of amides is 1. The number of nitrogen functional groups attached to an aromatic ring is 1. The van der Waals surface area contributed by atoms with E-state index >= 15 is 0 Å². The Labute approximate surface area is 121 Å². The molecule has 2 aromatic rings. The van der Waals surface area contributed by atoms with Gasteiger partial charge in [0.25, 0.3) is 11.6 Å². The maximum Gasteiger partial charge on any atom is 0.282 e. The van der Waals surface area contributed by atoms with Crippen LogP contribution >= 0.6 is 0 Å². The number of aryl methyl sites for hydroxylation is 1. The lowest BCUT2D eigenvalue weighted by Crippen LogP contribution is -2.15. The molecule has 0 aliphatic carbocycles. The van der Waals surface area contributed by atoms with E-state index in [4.69, 9.17) is 5.73 Å². The van der Waals surface area contributed by atoms with Crippen molar-refractivity contribution in [3.05, 3.63) is 63.2 Å². The number of nitro benzene ring substituents is 1. The molecule has 21 heavy (non-hydrogen) atoms. The summed E-state index contributed by atoms with van der Waals surface area (Å²) in [6.07, 6.45) is 0. The van der Waals surface area contributed by atoms with E-state index in [-0.39, 0.29) is 11.3 Å². The first-order chi connectivity index (χ1) is 9.90. The highest BCUT2D eigenvalue weighted by Gasteiger charge is 2.20. The maximum absolute atomic E-state index is 12.3. The van der Waals surface area contributed by atoms with Crippen LogP contribution in [0.4, 0.5) is 17.1 Å². The third-order valence-electron chi connectivity index (χ3n) is 3.31. The summed E-state index contributed by atoms with van der Waals surface area (Å²) in [6.45, 7) is 3.80. The molecule has 0 saturated heterocycles. The number of nitro groups is 1. The second kappa shape index (κ2) is 5.62. The molecule has 0 atom stereocenters. The van der Waals surface area contributed by atoms with Gasteiger partial charge in [-0.3, -0.25) is 14.9 Å². The zero-order chi connectivity index (χ0) is 15.6. The van der Waals surface area contributed by atoms with E-state index in [1.807, 2.05) is 26.0 Å². The number of anilines is 2. The van der Waals surface area contributed by atoms with Crippen molar-refractivity contribution in [2.75, 3.05) is 11.1 Å². The van der Waals surface area contributed by atoms with Crippen LogP contribution in [0.1, 0.15) is 21.5 Å². The number of hydrogen-bond acceptors (Lipinski definition) is 4. The van der Waals surface area contributed by atoms with E-state index in [9.17, 15) is 14.9 Å². The van der Waals surface area contributed by atoms with Gasteiger partial charge in [0.1, 0.15) is 5.56 Å². The summed E-state index contributed by atoms with van der Waals surface area (Å²) in [5, 5.41) is 13.7. The van der Waals surface area contributed by atoms with Gasteiger partial charge in [-0.25, -0.2) is 0 Å². The highest BCUT2D eigenvalue weighted by molar-refractivity contribution is 6.08. The van der Waals surface area contributed by atoms with Crippen LogP contribution in [0.15, 0.2) is 36.4 Å².